The van der Waals surface area contributed by atoms with Crippen LogP contribution in [0.15, 0.2) is 28.9 Å². The molecule has 106 valence electrons. The van der Waals surface area contributed by atoms with Crippen molar-refractivity contribution >= 4 is 11.7 Å². The first-order valence-corrected chi connectivity index (χ1v) is 6.59. The molecule has 6 heteroatoms. The predicted octanol–water partition coefficient (Wildman–Crippen LogP) is 2.13. The van der Waals surface area contributed by atoms with Crippen LogP contribution in [0.25, 0.3) is 0 Å². The van der Waals surface area contributed by atoms with Crippen molar-refractivity contribution in [2.45, 2.75) is 26.8 Å². The molecule has 0 saturated carbocycles. The van der Waals surface area contributed by atoms with E-state index in [9.17, 15) is 4.79 Å². The molecule has 0 aliphatic carbocycles. The van der Waals surface area contributed by atoms with Crippen molar-refractivity contribution in [1.82, 2.24) is 15.3 Å². The quantitative estimate of drug-likeness (QED) is 0.843. The summed E-state index contributed by atoms with van der Waals surface area (Å²) in [6.45, 7) is 4.91. The molecule has 2 heterocycles. The third-order valence-corrected chi connectivity index (χ3v) is 2.63. The molecular formula is C14H18N4O2. The zero-order valence-electron chi connectivity index (χ0n) is 11.6. The van der Waals surface area contributed by atoms with Gasteiger partial charge in [-0.05, 0) is 25.5 Å². The molecule has 2 aromatic heterocycles. The molecule has 0 aliphatic heterocycles. The maximum atomic E-state index is 11.9. The van der Waals surface area contributed by atoms with Gasteiger partial charge in [-0.3, -0.25) is 4.79 Å². The van der Waals surface area contributed by atoms with Gasteiger partial charge < -0.3 is 15.1 Å². The van der Waals surface area contributed by atoms with Crippen LogP contribution in [0.2, 0.25) is 0 Å². The first kappa shape index (κ1) is 14.0. The molecule has 0 spiro atoms. The van der Waals surface area contributed by atoms with Crippen molar-refractivity contribution in [1.29, 1.82) is 0 Å². The Balaban J connectivity index is 2.05. The highest BCUT2D eigenvalue weighted by molar-refractivity contribution is 5.92. The number of carbonyl (C=O) groups excluding carboxylic acids is 1. The zero-order chi connectivity index (χ0) is 14.4. The van der Waals surface area contributed by atoms with Crippen LogP contribution >= 0.6 is 0 Å². The van der Waals surface area contributed by atoms with Gasteiger partial charge in [0.2, 0.25) is 0 Å². The largest absolute Gasteiger partial charge is 0.467 e. The SMILES string of the molecule is CCCNC(=O)c1cc(NCc2ccco2)nc(C)n1. The third-order valence-electron chi connectivity index (χ3n) is 2.63. The predicted molar refractivity (Wildman–Crippen MR) is 75.4 cm³/mol. The molecule has 0 atom stereocenters. The van der Waals surface area contributed by atoms with E-state index in [-0.39, 0.29) is 5.91 Å². The highest BCUT2D eigenvalue weighted by Crippen LogP contribution is 2.09. The van der Waals surface area contributed by atoms with Crippen LogP contribution in [-0.4, -0.2) is 22.4 Å². The number of furan rings is 1. The molecule has 0 bridgehead atoms. The van der Waals surface area contributed by atoms with Crippen molar-refractivity contribution < 1.29 is 9.21 Å². The Kier molecular flexibility index (Phi) is 4.70. The average Bonchev–Trinajstić information content (AvgIpc) is 2.95. The summed E-state index contributed by atoms with van der Waals surface area (Å²) in [4.78, 5) is 20.3. The molecule has 2 aromatic rings. The van der Waals surface area contributed by atoms with Crippen molar-refractivity contribution in [2.24, 2.45) is 0 Å². The molecule has 6 nitrogen and oxygen atoms in total. The minimum Gasteiger partial charge on any atom is -0.467 e. The topological polar surface area (TPSA) is 80.0 Å². The minimum absolute atomic E-state index is 0.182. The number of carbonyl (C=O) groups is 1. The number of nitrogens with one attached hydrogen (secondary N) is 2. The average molecular weight is 274 g/mol. The molecule has 0 saturated heterocycles. The summed E-state index contributed by atoms with van der Waals surface area (Å²) in [6, 6.07) is 5.34. The zero-order valence-corrected chi connectivity index (χ0v) is 11.6. The van der Waals surface area contributed by atoms with E-state index in [2.05, 4.69) is 20.6 Å². The second kappa shape index (κ2) is 6.70. The van der Waals surface area contributed by atoms with Crippen LogP contribution in [0.1, 0.15) is 35.4 Å². The summed E-state index contributed by atoms with van der Waals surface area (Å²) in [6.07, 6.45) is 2.51. The van der Waals surface area contributed by atoms with Gasteiger partial charge in [-0.1, -0.05) is 6.92 Å². The lowest BCUT2D eigenvalue weighted by atomic mass is 10.3. The second-order valence-electron chi connectivity index (χ2n) is 4.37. The van der Waals surface area contributed by atoms with E-state index < -0.39 is 0 Å². The molecule has 2 N–H and O–H groups in total. The Bertz CT molecular complexity index is 567. The Morgan fingerprint density at radius 2 is 2.25 bits per heavy atom. The molecule has 0 aliphatic rings. The minimum atomic E-state index is -0.182. The van der Waals surface area contributed by atoms with Gasteiger partial charge in [-0.2, -0.15) is 0 Å². The van der Waals surface area contributed by atoms with E-state index in [1.54, 1.807) is 19.3 Å². The Labute approximate surface area is 117 Å². The maximum absolute atomic E-state index is 11.9. The first-order chi connectivity index (χ1) is 9.69. The van der Waals surface area contributed by atoms with Gasteiger partial charge in [-0.15, -0.1) is 0 Å². The molecule has 0 aromatic carbocycles. The molecule has 0 radical (unpaired) electrons. The fourth-order valence-corrected chi connectivity index (χ4v) is 1.69. The lowest BCUT2D eigenvalue weighted by molar-refractivity contribution is 0.0948. The van der Waals surface area contributed by atoms with Gasteiger partial charge in [0.15, 0.2) is 0 Å². The molecular weight excluding hydrogens is 256 g/mol. The third kappa shape index (κ3) is 3.81. The van der Waals surface area contributed by atoms with Crippen LogP contribution in [0.4, 0.5) is 5.82 Å². The number of rotatable bonds is 6. The fraction of sp³-hybridized carbons (Fsp3) is 0.357. The van der Waals surface area contributed by atoms with Crippen LogP contribution < -0.4 is 10.6 Å². The normalized spacial score (nSPS) is 10.3. The number of aromatic nitrogens is 2. The van der Waals surface area contributed by atoms with E-state index in [0.29, 0.717) is 30.4 Å². The van der Waals surface area contributed by atoms with E-state index >= 15 is 0 Å². The van der Waals surface area contributed by atoms with E-state index in [1.807, 2.05) is 19.1 Å². The van der Waals surface area contributed by atoms with Gasteiger partial charge in [0.05, 0.1) is 12.8 Å². The van der Waals surface area contributed by atoms with Gasteiger partial charge >= 0.3 is 0 Å². The first-order valence-electron chi connectivity index (χ1n) is 6.59. The molecule has 0 unspecified atom stereocenters. The Morgan fingerprint density at radius 3 is 2.95 bits per heavy atom. The van der Waals surface area contributed by atoms with Crippen LogP contribution in [0.3, 0.4) is 0 Å². The van der Waals surface area contributed by atoms with Crippen LogP contribution in [0, 0.1) is 6.92 Å². The summed E-state index contributed by atoms with van der Waals surface area (Å²) < 4.78 is 5.23. The van der Waals surface area contributed by atoms with Crippen LogP contribution in [-0.2, 0) is 6.54 Å². The summed E-state index contributed by atoms with van der Waals surface area (Å²) in [5, 5.41) is 5.91. The summed E-state index contributed by atoms with van der Waals surface area (Å²) in [5.74, 6) is 1.78. The van der Waals surface area contributed by atoms with Crippen molar-refractivity contribution in [2.75, 3.05) is 11.9 Å². The van der Waals surface area contributed by atoms with Crippen molar-refractivity contribution in [3.63, 3.8) is 0 Å². The smallest absolute Gasteiger partial charge is 0.270 e. The second-order valence-corrected chi connectivity index (χ2v) is 4.37. The lowest BCUT2D eigenvalue weighted by Crippen LogP contribution is -2.25. The van der Waals surface area contributed by atoms with Gasteiger partial charge in [0.1, 0.15) is 23.1 Å². The van der Waals surface area contributed by atoms with E-state index in [1.165, 1.54) is 0 Å². The lowest BCUT2D eigenvalue weighted by Gasteiger charge is -2.08. The number of aryl methyl sites for hydroxylation is 1. The van der Waals surface area contributed by atoms with Gasteiger partial charge in [-0.25, -0.2) is 9.97 Å². The van der Waals surface area contributed by atoms with Crippen molar-refractivity contribution in [3.05, 3.63) is 41.7 Å². The van der Waals surface area contributed by atoms with Crippen LogP contribution in [0.5, 0.6) is 0 Å². The fourth-order valence-electron chi connectivity index (χ4n) is 1.69. The number of hydrogen-bond acceptors (Lipinski definition) is 5. The number of hydrogen-bond donors (Lipinski definition) is 2. The molecule has 0 fully saturated rings. The summed E-state index contributed by atoms with van der Waals surface area (Å²) in [7, 11) is 0. The Hall–Kier alpha value is -2.37. The van der Waals surface area contributed by atoms with E-state index in [0.717, 1.165) is 12.2 Å². The van der Waals surface area contributed by atoms with Gasteiger partial charge in [0, 0.05) is 12.6 Å². The van der Waals surface area contributed by atoms with Crippen molar-refractivity contribution in [3.8, 4) is 0 Å². The molecule has 2 rings (SSSR count). The monoisotopic (exact) mass is 274 g/mol. The number of amides is 1. The Morgan fingerprint density at radius 1 is 1.40 bits per heavy atom. The number of anilines is 1. The summed E-state index contributed by atoms with van der Waals surface area (Å²) >= 11 is 0. The maximum Gasteiger partial charge on any atom is 0.270 e. The highest BCUT2D eigenvalue weighted by atomic mass is 16.3. The standard InChI is InChI=1S/C14H18N4O2/c1-3-6-15-14(19)12-8-13(18-10(2)17-12)16-9-11-5-4-7-20-11/h4-5,7-8H,3,6,9H2,1-2H3,(H,15,19)(H,16,17,18). The molecule has 20 heavy (non-hydrogen) atoms. The highest BCUT2D eigenvalue weighted by Gasteiger charge is 2.09. The number of nitrogens with zero attached hydrogens (tertiary/aromatic N) is 2. The summed E-state index contributed by atoms with van der Waals surface area (Å²) in [5.41, 5.74) is 0.368. The van der Waals surface area contributed by atoms with Gasteiger partial charge in [0.25, 0.3) is 5.91 Å². The van der Waals surface area contributed by atoms with E-state index in [4.69, 9.17) is 4.42 Å². The molecule has 1 amide bonds.